The van der Waals surface area contributed by atoms with Crippen molar-refractivity contribution >= 4 is 11.0 Å². The summed E-state index contributed by atoms with van der Waals surface area (Å²) in [4.78, 5) is 13.1. The van der Waals surface area contributed by atoms with E-state index in [-0.39, 0.29) is 34.6 Å². The SMILES string of the molecule is COc1ccccc1-c1c(C(F)(F)F)oc2cc(OCc3ccc(F)cc3)ccc2c1=O. The summed E-state index contributed by atoms with van der Waals surface area (Å²) in [5.74, 6) is -1.51. The van der Waals surface area contributed by atoms with E-state index in [0.717, 1.165) is 0 Å². The van der Waals surface area contributed by atoms with Gasteiger partial charge < -0.3 is 13.9 Å². The van der Waals surface area contributed by atoms with Crippen LogP contribution in [-0.4, -0.2) is 7.11 Å². The van der Waals surface area contributed by atoms with Crippen LogP contribution in [0.4, 0.5) is 17.6 Å². The summed E-state index contributed by atoms with van der Waals surface area (Å²) in [5.41, 5.74) is -1.08. The van der Waals surface area contributed by atoms with Gasteiger partial charge in [0.05, 0.1) is 18.1 Å². The Morgan fingerprint density at radius 2 is 1.69 bits per heavy atom. The molecule has 1 heterocycles. The van der Waals surface area contributed by atoms with E-state index in [1.54, 1.807) is 6.07 Å². The van der Waals surface area contributed by atoms with Crippen molar-refractivity contribution in [2.24, 2.45) is 0 Å². The van der Waals surface area contributed by atoms with Crippen LogP contribution < -0.4 is 14.9 Å². The summed E-state index contributed by atoms with van der Waals surface area (Å²) in [5, 5.41) is -0.0342. The summed E-state index contributed by atoms with van der Waals surface area (Å²) in [6, 6.07) is 15.6. The minimum Gasteiger partial charge on any atom is -0.496 e. The second-order valence-electron chi connectivity index (χ2n) is 6.91. The summed E-state index contributed by atoms with van der Waals surface area (Å²) < 4.78 is 70.5. The molecule has 0 fully saturated rings. The smallest absolute Gasteiger partial charge is 0.450 e. The van der Waals surface area contributed by atoms with Crippen molar-refractivity contribution < 1.29 is 31.5 Å². The minimum atomic E-state index is -4.92. The molecule has 0 aliphatic heterocycles. The molecule has 4 aromatic rings. The number of benzene rings is 3. The molecule has 1 aromatic heterocycles. The molecule has 0 atom stereocenters. The fourth-order valence-electron chi connectivity index (χ4n) is 3.31. The van der Waals surface area contributed by atoms with Gasteiger partial charge in [-0.05, 0) is 35.9 Å². The molecule has 4 nitrogen and oxygen atoms in total. The van der Waals surface area contributed by atoms with Gasteiger partial charge in [0.1, 0.15) is 29.5 Å². The zero-order valence-electron chi connectivity index (χ0n) is 16.7. The molecule has 0 saturated heterocycles. The van der Waals surface area contributed by atoms with Crippen LogP contribution >= 0.6 is 0 Å². The van der Waals surface area contributed by atoms with E-state index in [1.165, 1.54) is 67.8 Å². The molecule has 4 rings (SSSR count). The van der Waals surface area contributed by atoms with Gasteiger partial charge in [0.15, 0.2) is 0 Å². The molecule has 0 radical (unpaired) electrons. The second kappa shape index (κ2) is 8.37. The van der Waals surface area contributed by atoms with Crippen molar-refractivity contribution in [3.8, 4) is 22.6 Å². The number of rotatable bonds is 5. The number of halogens is 4. The van der Waals surface area contributed by atoms with Gasteiger partial charge in [-0.1, -0.05) is 30.3 Å². The Kier molecular flexibility index (Phi) is 5.61. The highest BCUT2D eigenvalue weighted by Crippen LogP contribution is 2.40. The molecule has 0 aliphatic carbocycles. The van der Waals surface area contributed by atoms with E-state index in [9.17, 15) is 22.4 Å². The molecular weight excluding hydrogens is 428 g/mol. The average Bonchev–Trinajstić information content (AvgIpc) is 2.78. The van der Waals surface area contributed by atoms with Crippen LogP contribution in [0.25, 0.3) is 22.1 Å². The fourth-order valence-corrected chi connectivity index (χ4v) is 3.31. The first-order chi connectivity index (χ1) is 15.3. The maximum atomic E-state index is 13.8. The number of hydrogen-bond donors (Lipinski definition) is 0. The van der Waals surface area contributed by atoms with Crippen LogP contribution in [0.2, 0.25) is 0 Å². The third kappa shape index (κ3) is 4.16. The Hall–Kier alpha value is -3.81. The standard InChI is InChI=1S/C24H16F4O4/c1-30-19-5-3-2-4-17(19)21-22(29)18-11-10-16(12-20(18)32-23(21)24(26,27)28)31-13-14-6-8-15(25)9-7-14/h2-12H,13H2,1H3. The molecule has 0 amide bonds. The summed E-state index contributed by atoms with van der Waals surface area (Å²) >= 11 is 0. The number of alkyl halides is 3. The first-order valence-electron chi connectivity index (χ1n) is 9.46. The summed E-state index contributed by atoms with van der Waals surface area (Å²) in [6.07, 6.45) is -4.92. The molecule has 32 heavy (non-hydrogen) atoms. The van der Waals surface area contributed by atoms with Crippen LogP contribution in [-0.2, 0) is 12.8 Å². The van der Waals surface area contributed by atoms with Gasteiger partial charge >= 0.3 is 6.18 Å². The third-order valence-electron chi connectivity index (χ3n) is 4.82. The highest BCUT2D eigenvalue weighted by molar-refractivity contribution is 5.85. The van der Waals surface area contributed by atoms with Crippen molar-refractivity contribution in [2.45, 2.75) is 12.8 Å². The van der Waals surface area contributed by atoms with Gasteiger partial charge in [0.25, 0.3) is 0 Å². The molecule has 3 aromatic carbocycles. The van der Waals surface area contributed by atoms with E-state index >= 15 is 0 Å². The number of hydrogen-bond acceptors (Lipinski definition) is 4. The first kappa shape index (κ1) is 21.4. The van der Waals surface area contributed by atoms with Crippen LogP contribution in [0, 0.1) is 5.82 Å². The van der Waals surface area contributed by atoms with Gasteiger partial charge in [-0.25, -0.2) is 4.39 Å². The van der Waals surface area contributed by atoms with Gasteiger partial charge in [0, 0.05) is 11.6 Å². The monoisotopic (exact) mass is 444 g/mol. The van der Waals surface area contributed by atoms with Gasteiger partial charge in [-0.3, -0.25) is 4.79 Å². The van der Waals surface area contributed by atoms with E-state index in [1.807, 2.05) is 0 Å². The maximum absolute atomic E-state index is 13.8. The van der Waals surface area contributed by atoms with E-state index < -0.39 is 28.7 Å². The Balaban J connectivity index is 1.81. The lowest BCUT2D eigenvalue weighted by Gasteiger charge is -2.15. The molecular formula is C24H16F4O4. The van der Waals surface area contributed by atoms with Crippen LogP contribution in [0.15, 0.2) is 75.9 Å². The predicted octanol–water partition coefficient (Wildman–Crippen LogP) is 6.21. The number of para-hydroxylation sites is 1. The molecule has 0 unspecified atom stereocenters. The number of fused-ring (bicyclic) bond motifs is 1. The van der Waals surface area contributed by atoms with Gasteiger partial charge in [0.2, 0.25) is 11.2 Å². The zero-order chi connectivity index (χ0) is 22.9. The van der Waals surface area contributed by atoms with Crippen LogP contribution in [0.5, 0.6) is 11.5 Å². The van der Waals surface area contributed by atoms with E-state index in [4.69, 9.17) is 13.9 Å². The molecule has 0 N–H and O–H groups in total. The lowest BCUT2D eigenvalue weighted by Crippen LogP contribution is -2.16. The van der Waals surface area contributed by atoms with Crippen molar-refractivity contribution in [2.75, 3.05) is 7.11 Å². The number of methoxy groups -OCH3 is 1. The molecule has 0 aliphatic rings. The van der Waals surface area contributed by atoms with Gasteiger partial charge in [-0.15, -0.1) is 0 Å². The molecule has 0 bridgehead atoms. The Bertz CT molecular complexity index is 1320. The fraction of sp³-hybridized carbons (Fsp3) is 0.125. The van der Waals surface area contributed by atoms with Crippen molar-refractivity contribution in [1.29, 1.82) is 0 Å². The molecule has 0 saturated carbocycles. The Labute approximate surface area is 179 Å². The van der Waals surface area contributed by atoms with Crippen molar-refractivity contribution in [1.82, 2.24) is 0 Å². The van der Waals surface area contributed by atoms with Crippen LogP contribution in [0.1, 0.15) is 11.3 Å². The highest BCUT2D eigenvalue weighted by atomic mass is 19.4. The second-order valence-corrected chi connectivity index (χ2v) is 6.91. The van der Waals surface area contributed by atoms with E-state index in [2.05, 4.69) is 0 Å². The molecule has 164 valence electrons. The van der Waals surface area contributed by atoms with Crippen molar-refractivity contribution in [3.63, 3.8) is 0 Å². The quantitative estimate of drug-likeness (QED) is 0.344. The average molecular weight is 444 g/mol. The topological polar surface area (TPSA) is 48.7 Å². The van der Waals surface area contributed by atoms with Crippen LogP contribution in [0.3, 0.4) is 0 Å². The van der Waals surface area contributed by atoms with E-state index in [0.29, 0.717) is 5.56 Å². The molecule has 0 spiro atoms. The lowest BCUT2D eigenvalue weighted by molar-refractivity contribution is -0.152. The van der Waals surface area contributed by atoms with Gasteiger partial charge in [-0.2, -0.15) is 13.2 Å². The minimum absolute atomic E-state index is 0.0189. The summed E-state index contributed by atoms with van der Waals surface area (Å²) in [7, 11) is 1.31. The Morgan fingerprint density at radius 3 is 2.38 bits per heavy atom. The van der Waals surface area contributed by atoms with Crippen molar-refractivity contribution in [3.05, 3.63) is 94.1 Å². The lowest BCUT2D eigenvalue weighted by atomic mass is 10.0. The molecule has 8 heteroatoms. The first-order valence-corrected chi connectivity index (χ1v) is 9.46. The third-order valence-corrected chi connectivity index (χ3v) is 4.82. The maximum Gasteiger partial charge on any atom is 0.450 e. The normalized spacial score (nSPS) is 11.5. The predicted molar refractivity (Wildman–Crippen MR) is 110 cm³/mol. The summed E-state index contributed by atoms with van der Waals surface area (Å²) in [6.45, 7) is 0.0570. The largest absolute Gasteiger partial charge is 0.496 e. The highest BCUT2D eigenvalue weighted by Gasteiger charge is 2.40. The zero-order valence-corrected chi connectivity index (χ0v) is 16.7. The number of ether oxygens (including phenoxy) is 2. The Morgan fingerprint density at radius 1 is 0.969 bits per heavy atom.